The van der Waals surface area contributed by atoms with Gasteiger partial charge in [-0.15, -0.1) is 0 Å². The maximum Gasteiger partial charge on any atom is 0.402 e. The first kappa shape index (κ1) is 26.0. The van der Waals surface area contributed by atoms with Crippen LogP contribution in [0.2, 0.25) is 0 Å². The van der Waals surface area contributed by atoms with Crippen molar-refractivity contribution in [2.45, 2.75) is 40.2 Å². The molecular weight excluding hydrogens is 348 g/mol. The lowest BCUT2D eigenvalue weighted by atomic mass is 10.0. The summed E-state index contributed by atoms with van der Waals surface area (Å²) in [6, 6.07) is 18.5. The van der Waals surface area contributed by atoms with Crippen molar-refractivity contribution in [3.8, 4) is 5.75 Å². The molecule has 0 saturated carbocycles. The summed E-state index contributed by atoms with van der Waals surface area (Å²) in [6.45, 7) is 6.32. The SMILES string of the molecule is C.CC1(C)Cc2ccccc2O1.Cc1ccccc1.NC(=O)O.NC(=O)O. The van der Waals surface area contributed by atoms with Crippen molar-refractivity contribution in [3.05, 3.63) is 65.7 Å². The first-order chi connectivity index (χ1) is 12.0. The van der Waals surface area contributed by atoms with Crippen LogP contribution in [0.5, 0.6) is 5.75 Å². The Morgan fingerprint density at radius 2 is 1.33 bits per heavy atom. The summed E-state index contributed by atoms with van der Waals surface area (Å²) >= 11 is 0. The van der Waals surface area contributed by atoms with Crippen LogP contribution < -0.4 is 16.2 Å². The standard InChI is InChI=1S/C10H12O.C7H8.2CH3NO2.CH4/c1-10(2)7-8-5-3-4-6-9(8)11-10;1-7-5-3-2-4-6-7;2*2-1(3)4;/h3-6H,7H2,1-2H3;2-6H,1H3;2*2H2,(H,3,4);1H4. The zero-order valence-electron chi connectivity index (χ0n) is 15.2. The van der Waals surface area contributed by atoms with Crippen LogP contribution in [-0.4, -0.2) is 28.0 Å². The van der Waals surface area contributed by atoms with Gasteiger partial charge in [-0.1, -0.05) is 61.5 Å². The van der Waals surface area contributed by atoms with Crippen LogP contribution in [0, 0.1) is 6.92 Å². The monoisotopic (exact) mass is 378 g/mol. The van der Waals surface area contributed by atoms with E-state index in [1.807, 2.05) is 30.3 Å². The van der Waals surface area contributed by atoms with E-state index >= 15 is 0 Å². The highest BCUT2D eigenvalue weighted by atomic mass is 16.5. The van der Waals surface area contributed by atoms with Gasteiger partial charge >= 0.3 is 12.2 Å². The topological polar surface area (TPSA) is 136 Å². The van der Waals surface area contributed by atoms with Gasteiger partial charge in [0.05, 0.1) is 0 Å². The molecule has 2 amide bonds. The highest BCUT2D eigenvalue weighted by Gasteiger charge is 2.28. The van der Waals surface area contributed by atoms with Crippen LogP contribution in [0.3, 0.4) is 0 Å². The maximum atomic E-state index is 8.78. The van der Waals surface area contributed by atoms with Gasteiger partial charge < -0.3 is 26.4 Å². The molecule has 0 bridgehead atoms. The minimum Gasteiger partial charge on any atom is -0.487 e. The number of fused-ring (bicyclic) bond motifs is 1. The minimum atomic E-state index is -1.33. The molecule has 2 aromatic carbocycles. The predicted molar refractivity (Wildman–Crippen MR) is 107 cm³/mol. The first-order valence-electron chi connectivity index (χ1n) is 7.79. The Labute approximate surface area is 160 Å². The van der Waals surface area contributed by atoms with Crippen molar-refractivity contribution >= 4 is 12.2 Å². The molecule has 0 spiro atoms. The summed E-state index contributed by atoms with van der Waals surface area (Å²) in [5.41, 5.74) is 10.7. The number of amides is 2. The smallest absolute Gasteiger partial charge is 0.402 e. The Bertz CT molecular complexity index is 641. The molecule has 0 radical (unpaired) electrons. The first-order valence-corrected chi connectivity index (χ1v) is 7.79. The second-order valence-electron chi connectivity index (χ2n) is 5.98. The number of primary amides is 2. The van der Waals surface area contributed by atoms with Crippen LogP contribution in [0.25, 0.3) is 0 Å². The lowest BCUT2D eigenvalue weighted by molar-refractivity contribution is 0.138. The van der Waals surface area contributed by atoms with Crippen molar-refractivity contribution in [2.24, 2.45) is 11.5 Å². The number of para-hydroxylation sites is 1. The molecule has 1 aliphatic heterocycles. The molecule has 0 saturated heterocycles. The van der Waals surface area contributed by atoms with Crippen molar-refractivity contribution < 1.29 is 24.5 Å². The molecular formula is C20H30N2O5. The molecule has 7 heteroatoms. The summed E-state index contributed by atoms with van der Waals surface area (Å²) in [5.74, 6) is 1.05. The lowest BCUT2D eigenvalue weighted by Crippen LogP contribution is -2.24. The Morgan fingerprint density at radius 1 is 0.926 bits per heavy atom. The fraction of sp³-hybridized carbons (Fsp3) is 0.300. The average Bonchev–Trinajstić information content (AvgIpc) is 2.81. The summed E-state index contributed by atoms with van der Waals surface area (Å²) in [7, 11) is 0. The zero-order chi connectivity index (χ0) is 20.2. The van der Waals surface area contributed by atoms with E-state index in [2.05, 4.69) is 56.5 Å². The molecule has 150 valence electrons. The molecule has 1 aliphatic rings. The van der Waals surface area contributed by atoms with Crippen LogP contribution in [0.4, 0.5) is 9.59 Å². The van der Waals surface area contributed by atoms with Gasteiger partial charge in [0.25, 0.3) is 0 Å². The van der Waals surface area contributed by atoms with E-state index in [9.17, 15) is 0 Å². The van der Waals surface area contributed by atoms with Gasteiger partial charge in [-0.25, -0.2) is 9.59 Å². The summed E-state index contributed by atoms with van der Waals surface area (Å²) < 4.78 is 5.69. The van der Waals surface area contributed by atoms with Crippen molar-refractivity contribution in [3.63, 3.8) is 0 Å². The van der Waals surface area contributed by atoms with Crippen molar-refractivity contribution in [1.82, 2.24) is 0 Å². The number of hydrogen-bond donors (Lipinski definition) is 4. The number of aryl methyl sites for hydroxylation is 1. The predicted octanol–water partition coefficient (Wildman–Crippen LogP) is 4.28. The Hall–Kier alpha value is -3.22. The molecule has 0 atom stereocenters. The molecule has 27 heavy (non-hydrogen) atoms. The molecule has 6 N–H and O–H groups in total. The molecule has 0 aliphatic carbocycles. The Morgan fingerprint density at radius 3 is 1.70 bits per heavy atom. The summed E-state index contributed by atoms with van der Waals surface area (Å²) in [4.78, 5) is 17.6. The van der Waals surface area contributed by atoms with Crippen LogP contribution >= 0.6 is 0 Å². The number of ether oxygens (including phenoxy) is 1. The fourth-order valence-electron chi connectivity index (χ4n) is 2.08. The largest absolute Gasteiger partial charge is 0.487 e. The van der Waals surface area contributed by atoms with Gasteiger partial charge in [-0.2, -0.15) is 0 Å². The summed E-state index contributed by atoms with van der Waals surface area (Å²) in [5, 5.41) is 14.4. The third-order valence-electron chi connectivity index (χ3n) is 2.92. The van der Waals surface area contributed by atoms with E-state index < -0.39 is 12.2 Å². The second-order valence-corrected chi connectivity index (χ2v) is 5.98. The normalized spacial score (nSPS) is 11.8. The molecule has 7 nitrogen and oxygen atoms in total. The van der Waals surface area contributed by atoms with Crippen LogP contribution in [0.1, 0.15) is 32.4 Å². The van der Waals surface area contributed by atoms with E-state index in [4.69, 9.17) is 24.5 Å². The van der Waals surface area contributed by atoms with E-state index in [1.165, 1.54) is 11.1 Å². The van der Waals surface area contributed by atoms with E-state index in [0.717, 1.165) is 12.2 Å². The van der Waals surface area contributed by atoms with Crippen LogP contribution in [-0.2, 0) is 6.42 Å². The van der Waals surface area contributed by atoms with Crippen molar-refractivity contribution in [1.29, 1.82) is 0 Å². The fourth-order valence-corrected chi connectivity index (χ4v) is 2.08. The van der Waals surface area contributed by atoms with E-state index in [0.29, 0.717) is 0 Å². The van der Waals surface area contributed by atoms with Crippen LogP contribution in [0.15, 0.2) is 54.6 Å². The van der Waals surface area contributed by atoms with E-state index in [-0.39, 0.29) is 13.0 Å². The number of nitrogens with two attached hydrogens (primary N) is 2. The van der Waals surface area contributed by atoms with Gasteiger partial charge in [-0.05, 0) is 32.4 Å². The Balaban J connectivity index is 0. The highest BCUT2D eigenvalue weighted by Crippen LogP contribution is 2.33. The van der Waals surface area contributed by atoms with Crippen molar-refractivity contribution in [2.75, 3.05) is 0 Å². The average molecular weight is 378 g/mol. The zero-order valence-corrected chi connectivity index (χ0v) is 15.2. The minimum absolute atomic E-state index is 0. The van der Waals surface area contributed by atoms with Gasteiger partial charge in [0, 0.05) is 6.42 Å². The lowest BCUT2D eigenvalue weighted by Gasteiger charge is -2.16. The number of benzene rings is 2. The molecule has 2 aromatic rings. The molecule has 3 rings (SSSR count). The Kier molecular flexibility index (Phi) is 12.6. The second kappa shape index (κ2) is 13.0. The number of hydrogen-bond acceptors (Lipinski definition) is 3. The van der Waals surface area contributed by atoms with E-state index in [1.54, 1.807) is 0 Å². The van der Waals surface area contributed by atoms with Gasteiger partial charge in [0.15, 0.2) is 0 Å². The number of carboxylic acid groups (broad SMARTS) is 2. The molecule has 0 aromatic heterocycles. The van der Waals surface area contributed by atoms with Gasteiger partial charge in [0.2, 0.25) is 0 Å². The van der Waals surface area contributed by atoms with Gasteiger partial charge in [-0.3, -0.25) is 0 Å². The highest BCUT2D eigenvalue weighted by molar-refractivity contribution is 5.61. The quantitative estimate of drug-likeness (QED) is 0.542. The number of carbonyl (C=O) groups is 2. The number of rotatable bonds is 0. The third kappa shape index (κ3) is 14.8. The molecule has 1 heterocycles. The molecule has 0 unspecified atom stereocenters. The molecule has 0 fully saturated rings. The summed E-state index contributed by atoms with van der Waals surface area (Å²) in [6.07, 6.45) is -1.64. The third-order valence-corrected chi connectivity index (χ3v) is 2.92. The van der Waals surface area contributed by atoms with Gasteiger partial charge in [0.1, 0.15) is 11.4 Å². The maximum absolute atomic E-state index is 8.78.